The number of aliphatic hydroxyl groups excluding tert-OH is 1. The molecule has 4 nitrogen and oxygen atoms in total. The second-order valence-corrected chi connectivity index (χ2v) is 6.77. The van der Waals surface area contributed by atoms with Gasteiger partial charge in [-0.15, -0.1) is 0 Å². The number of hydrogen-bond donors (Lipinski definition) is 1. The average molecular weight is 327 g/mol. The Morgan fingerprint density at radius 3 is 2.57 bits per heavy atom. The van der Waals surface area contributed by atoms with Crippen LogP contribution in [0.2, 0.25) is 0 Å². The lowest BCUT2D eigenvalue weighted by Crippen LogP contribution is -2.32. The molecule has 0 radical (unpaired) electrons. The summed E-state index contributed by atoms with van der Waals surface area (Å²) in [6.45, 7) is 3.46. The Morgan fingerprint density at radius 2 is 2.14 bits per heavy atom. The topological polar surface area (TPSA) is 63.4 Å². The summed E-state index contributed by atoms with van der Waals surface area (Å²) in [7, 11) is 0. The van der Waals surface area contributed by atoms with E-state index in [-0.39, 0.29) is 11.5 Å². The highest BCUT2D eigenvalue weighted by atomic mass is 79.9. The third-order valence-electron chi connectivity index (χ3n) is 2.29. The second kappa shape index (κ2) is 3.66. The summed E-state index contributed by atoms with van der Waals surface area (Å²) in [5.74, 6) is -0.711. The number of nitro groups is 1. The van der Waals surface area contributed by atoms with Gasteiger partial charge in [-0.2, -0.15) is 0 Å². The van der Waals surface area contributed by atoms with Crippen LogP contribution in [0.5, 0.6) is 0 Å². The van der Waals surface area contributed by atoms with Gasteiger partial charge in [0.25, 0.3) is 5.70 Å². The van der Waals surface area contributed by atoms with E-state index in [0.717, 1.165) is 5.57 Å². The van der Waals surface area contributed by atoms with Crippen LogP contribution in [-0.2, 0) is 0 Å². The maximum Gasteiger partial charge on any atom is 0.292 e. The quantitative estimate of drug-likeness (QED) is 0.457. The standard InChI is InChI=1S/C8H9Br2NO3/c1-4-3-6(12)7(11(13)14)5(2)8(4,9)10/h3,5,12H,1-2H3. The molecule has 1 aliphatic carbocycles. The first kappa shape index (κ1) is 11.7. The number of aliphatic hydroxyl groups is 1. The molecule has 0 aromatic rings. The van der Waals surface area contributed by atoms with Crippen LogP contribution >= 0.6 is 31.9 Å². The number of alkyl halides is 2. The molecule has 1 unspecified atom stereocenters. The van der Waals surface area contributed by atoms with Gasteiger partial charge in [0, 0.05) is 0 Å². The van der Waals surface area contributed by atoms with Gasteiger partial charge >= 0.3 is 0 Å². The van der Waals surface area contributed by atoms with E-state index in [9.17, 15) is 15.2 Å². The summed E-state index contributed by atoms with van der Waals surface area (Å²) in [6, 6.07) is 0. The molecule has 0 aliphatic heterocycles. The molecular weight excluding hydrogens is 318 g/mol. The van der Waals surface area contributed by atoms with Crippen LogP contribution in [0.15, 0.2) is 23.1 Å². The Hall–Kier alpha value is -0.360. The van der Waals surface area contributed by atoms with Crippen LogP contribution in [-0.4, -0.2) is 13.3 Å². The van der Waals surface area contributed by atoms with Crippen LogP contribution in [0.1, 0.15) is 13.8 Å². The van der Waals surface area contributed by atoms with Gasteiger partial charge in [0.2, 0.25) is 0 Å². The molecule has 1 N–H and O–H groups in total. The summed E-state index contributed by atoms with van der Waals surface area (Å²) >= 11 is 6.72. The van der Waals surface area contributed by atoms with Gasteiger partial charge in [0.15, 0.2) is 5.76 Å². The molecule has 14 heavy (non-hydrogen) atoms. The number of allylic oxidation sites excluding steroid dienone is 3. The summed E-state index contributed by atoms with van der Waals surface area (Å²) in [6.07, 6.45) is 1.39. The third kappa shape index (κ3) is 1.72. The smallest absolute Gasteiger partial charge is 0.292 e. The lowest BCUT2D eigenvalue weighted by Gasteiger charge is -2.29. The van der Waals surface area contributed by atoms with E-state index in [4.69, 9.17) is 0 Å². The molecule has 1 rings (SSSR count). The van der Waals surface area contributed by atoms with Crippen molar-refractivity contribution < 1.29 is 10.0 Å². The van der Waals surface area contributed by atoms with Gasteiger partial charge in [-0.25, -0.2) is 0 Å². The Bertz CT molecular complexity index is 346. The minimum Gasteiger partial charge on any atom is -0.502 e. The maximum atomic E-state index is 10.7. The Balaban J connectivity index is 3.29. The van der Waals surface area contributed by atoms with E-state index in [1.165, 1.54) is 6.08 Å². The minimum atomic E-state index is -0.644. The fraction of sp³-hybridized carbons (Fsp3) is 0.500. The van der Waals surface area contributed by atoms with Crippen molar-refractivity contribution in [3.05, 3.63) is 33.2 Å². The summed E-state index contributed by atoms with van der Waals surface area (Å²) in [4.78, 5) is 10.1. The van der Waals surface area contributed by atoms with E-state index >= 15 is 0 Å². The summed E-state index contributed by atoms with van der Waals surface area (Å²) in [5.41, 5.74) is 0.623. The Morgan fingerprint density at radius 1 is 1.64 bits per heavy atom. The van der Waals surface area contributed by atoms with E-state index in [2.05, 4.69) is 31.9 Å². The Labute approximate surface area is 98.1 Å². The number of rotatable bonds is 1. The zero-order valence-electron chi connectivity index (χ0n) is 7.62. The highest BCUT2D eigenvalue weighted by Gasteiger charge is 2.45. The van der Waals surface area contributed by atoms with E-state index in [1.54, 1.807) is 13.8 Å². The number of nitrogens with zero attached hydrogens (tertiary/aromatic N) is 1. The van der Waals surface area contributed by atoms with Crippen molar-refractivity contribution in [1.29, 1.82) is 0 Å². The van der Waals surface area contributed by atoms with E-state index in [1.807, 2.05) is 0 Å². The lowest BCUT2D eigenvalue weighted by atomic mass is 9.92. The molecule has 1 atom stereocenters. The van der Waals surface area contributed by atoms with Crippen LogP contribution < -0.4 is 0 Å². The molecule has 0 heterocycles. The fourth-order valence-corrected chi connectivity index (χ4v) is 2.02. The monoisotopic (exact) mass is 325 g/mol. The zero-order valence-corrected chi connectivity index (χ0v) is 10.8. The van der Waals surface area contributed by atoms with Gasteiger partial charge in [0.05, 0.1) is 10.8 Å². The molecule has 6 heteroatoms. The molecule has 0 aromatic heterocycles. The molecule has 0 amide bonds. The molecule has 0 spiro atoms. The third-order valence-corrected chi connectivity index (χ3v) is 4.92. The number of halogens is 2. The molecule has 1 aliphatic rings. The predicted molar refractivity (Wildman–Crippen MR) is 60.2 cm³/mol. The Kier molecular flexibility index (Phi) is 3.06. The van der Waals surface area contributed by atoms with Gasteiger partial charge in [-0.3, -0.25) is 10.1 Å². The van der Waals surface area contributed by atoms with Crippen molar-refractivity contribution in [2.24, 2.45) is 5.92 Å². The van der Waals surface area contributed by atoms with Gasteiger partial charge in [-0.05, 0) is 25.5 Å². The van der Waals surface area contributed by atoms with E-state index < -0.39 is 14.1 Å². The number of hydrogen-bond acceptors (Lipinski definition) is 3. The predicted octanol–water partition coefficient (Wildman–Crippen LogP) is 3.11. The first-order chi connectivity index (χ1) is 6.28. The molecule has 0 saturated carbocycles. The summed E-state index contributed by atoms with van der Waals surface area (Å²) in [5, 5.41) is 20.1. The van der Waals surface area contributed by atoms with Crippen molar-refractivity contribution in [3.8, 4) is 0 Å². The van der Waals surface area contributed by atoms with Crippen molar-refractivity contribution in [1.82, 2.24) is 0 Å². The van der Waals surface area contributed by atoms with Gasteiger partial charge < -0.3 is 5.11 Å². The fourth-order valence-electron chi connectivity index (χ4n) is 1.36. The van der Waals surface area contributed by atoms with Crippen LogP contribution in [0, 0.1) is 16.0 Å². The zero-order chi connectivity index (χ0) is 11.1. The average Bonchev–Trinajstić information content (AvgIpc) is 2.00. The van der Waals surface area contributed by atoms with Crippen molar-refractivity contribution in [2.45, 2.75) is 17.1 Å². The highest BCUT2D eigenvalue weighted by molar-refractivity contribution is 9.25. The van der Waals surface area contributed by atoms with Crippen LogP contribution in [0.4, 0.5) is 0 Å². The van der Waals surface area contributed by atoms with E-state index in [0.29, 0.717) is 0 Å². The molecule has 78 valence electrons. The maximum absolute atomic E-state index is 10.7. The molecular formula is C8H9Br2NO3. The SMILES string of the molecule is CC1=CC(O)=C([N+](=O)[O-])C(C)C1(Br)Br. The first-order valence-corrected chi connectivity index (χ1v) is 5.51. The van der Waals surface area contributed by atoms with Crippen molar-refractivity contribution in [2.75, 3.05) is 0 Å². The largest absolute Gasteiger partial charge is 0.502 e. The van der Waals surface area contributed by atoms with Gasteiger partial charge in [0.1, 0.15) is 3.23 Å². The lowest BCUT2D eigenvalue weighted by molar-refractivity contribution is -0.436. The van der Waals surface area contributed by atoms with Crippen LogP contribution in [0.3, 0.4) is 0 Å². The first-order valence-electron chi connectivity index (χ1n) is 3.92. The normalized spacial score (nSPS) is 26.0. The molecule has 0 fully saturated rings. The molecule has 0 aromatic carbocycles. The van der Waals surface area contributed by atoms with Crippen molar-refractivity contribution in [3.63, 3.8) is 0 Å². The van der Waals surface area contributed by atoms with Crippen LogP contribution in [0.25, 0.3) is 0 Å². The van der Waals surface area contributed by atoms with Gasteiger partial charge in [-0.1, -0.05) is 31.9 Å². The molecule has 0 saturated heterocycles. The minimum absolute atomic E-state index is 0.177. The second-order valence-electron chi connectivity index (χ2n) is 3.20. The summed E-state index contributed by atoms with van der Waals surface area (Å²) < 4.78 is -0.644. The highest BCUT2D eigenvalue weighted by Crippen LogP contribution is 2.48. The molecule has 0 bridgehead atoms. The van der Waals surface area contributed by atoms with Crippen molar-refractivity contribution >= 4 is 31.9 Å².